The molecule has 4 nitrogen and oxygen atoms in total. The van der Waals surface area contributed by atoms with E-state index in [4.69, 9.17) is 0 Å². The van der Waals surface area contributed by atoms with Crippen LogP contribution in [0.2, 0.25) is 0 Å². The van der Waals surface area contributed by atoms with Gasteiger partial charge in [-0.15, -0.1) is 11.3 Å². The number of aromatic nitrogens is 1. The maximum atomic E-state index is 12.1. The lowest BCUT2D eigenvalue weighted by molar-refractivity contribution is 0.102. The molecule has 1 amide bonds. The molecule has 2 aromatic rings. The van der Waals surface area contributed by atoms with Crippen molar-refractivity contribution in [3.05, 3.63) is 39.9 Å². The smallest absolute Gasteiger partial charge is 0.257 e. The van der Waals surface area contributed by atoms with Gasteiger partial charge in [0.15, 0.2) is 5.13 Å². The van der Waals surface area contributed by atoms with Gasteiger partial charge in [0.05, 0.1) is 5.69 Å². The van der Waals surface area contributed by atoms with Crippen LogP contribution in [0.5, 0.6) is 5.75 Å². The Morgan fingerprint density at radius 3 is 2.90 bits per heavy atom. The number of aromatic hydroxyl groups is 1. The third-order valence-electron chi connectivity index (χ3n) is 3.54. The quantitative estimate of drug-likeness (QED) is 0.891. The van der Waals surface area contributed by atoms with Crippen molar-refractivity contribution in [2.24, 2.45) is 0 Å². The molecular formula is C15H16N2O2S. The molecule has 0 fully saturated rings. The largest absolute Gasteiger partial charge is 0.508 e. The molecule has 1 aliphatic carbocycles. The van der Waals surface area contributed by atoms with E-state index in [1.165, 1.54) is 23.8 Å². The summed E-state index contributed by atoms with van der Waals surface area (Å²) in [5.74, 6) is -0.0949. The van der Waals surface area contributed by atoms with Crippen LogP contribution in [0.1, 0.15) is 39.3 Å². The maximum absolute atomic E-state index is 12.1. The molecule has 0 unspecified atom stereocenters. The number of hydrogen-bond donors (Lipinski definition) is 2. The summed E-state index contributed by atoms with van der Waals surface area (Å²) >= 11 is 1.56. The van der Waals surface area contributed by atoms with E-state index >= 15 is 0 Å². The summed E-state index contributed by atoms with van der Waals surface area (Å²) in [6.45, 7) is 1.80. The lowest BCUT2D eigenvalue weighted by Gasteiger charge is -2.06. The second-order valence-electron chi connectivity index (χ2n) is 5.05. The van der Waals surface area contributed by atoms with Gasteiger partial charge in [-0.3, -0.25) is 10.1 Å². The van der Waals surface area contributed by atoms with Crippen LogP contribution in [-0.4, -0.2) is 16.0 Å². The predicted molar refractivity (Wildman–Crippen MR) is 79.6 cm³/mol. The summed E-state index contributed by atoms with van der Waals surface area (Å²) in [7, 11) is 0. The highest BCUT2D eigenvalue weighted by Gasteiger charge is 2.17. The van der Waals surface area contributed by atoms with Crippen LogP contribution in [0.15, 0.2) is 18.2 Å². The van der Waals surface area contributed by atoms with Gasteiger partial charge >= 0.3 is 0 Å². The summed E-state index contributed by atoms with van der Waals surface area (Å²) in [5.41, 5.74) is 2.33. The minimum absolute atomic E-state index is 0.135. The minimum Gasteiger partial charge on any atom is -0.508 e. The minimum atomic E-state index is -0.230. The molecule has 0 saturated carbocycles. The van der Waals surface area contributed by atoms with E-state index in [1.54, 1.807) is 30.4 Å². The van der Waals surface area contributed by atoms with Crippen LogP contribution >= 0.6 is 11.3 Å². The molecule has 1 aliphatic rings. The van der Waals surface area contributed by atoms with Gasteiger partial charge in [0.2, 0.25) is 0 Å². The monoisotopic (exact) mass is 288 g/mol. The third kappa shape index (κ3) is 2.54. The number of anilines is 1. The van der Waals surface area contributed by atoms with Crippen molar-refractivity contribution in [1.82, 2.24) is 4.98 Å². The first kappa shape index (κ1) is 13.1. The van der Waals surface area contributed by atoms with E-state index in [0.29, 0.717) is 10.7 Å². The molecule has 3 rings (SSSR count). The lowest BCUT2D eigenvalue weighted by atomic mass is 10.0. The van der Waals surface area contributed by atoms with Crippen LogP contribution in [-0.2, 0) is 12.8 Å². The Morgan fingerprint density at radius 2 is 2.15 bits per heavy atom. The van der Waals surface area contributed by atoms with E-state index in [9.17, 15) is 9.90 Å². The highest BCUT2D eigenvalue weighted by Crippen LogP contribution is 2.30. The second-order valence-corrected chi connectivity index (χ2v) is 6.14. The Kier molecular flexibility index (Phi) is 3.44. The number of hydrogen-bond acceptors (Lipinski definition) is 4. The molecular weight excluding hydrogens is 272 g/mol. The van der Waals surface area contributed by atoms with Crippen LogP contribution < -0.4 is 5.32 Å². The van der Waals surface area contributed by atoms with Crippen molar-refractivity contribution in [3.63, 3.8) is 0 Å². The average Bonchev–Trinajstić information content (AvgIpc) is 2.83. The van der Waals surface area contributed by atoms with E-state index in [1.807, 2.05) is 0 Å². The van der Waals surface area contributed by atoms with Gasteiger partial charge in [0.1, 0.15) is 5.75 Å². The SMILES string of the molecule is Cc1ccc(C(=O)Nc2nc3c(s2)CCCC3)cc1O. The number of thiazole rings is 1. The number of nitrogens with zero attached hydrogens (tertiary/aromatic N) is 1. The van der Waals surface area contributed by atoms with Crippen molar-refractivity contribution >= 4 is 22.4 Å². The molecule has 20 heavy (non-hydrogen) atoms. The number of aryl methyl sites for hydroxylation is 3. The molecule has 0 radical (unpaired) electrons. The Hall–Kier alpha value is -1.88. The summed E-state index contributed by atoms with van der Waals surface area (Å²) in [6, 6.07) is 4.92. The zero-order valence-corrected chi connectivity index (χ0v) is 12.1. The first-order chi connectivity index (χ1) is 9.63. The van der Waals surface area contributed by atoms with E-state index in [2.05, 4.69) is 10.3 Å². The fourth-order valence-corrected chi connectivity index (χ4v) is 3.37. The normalized spacial score (nSPS) is 13.8. The van der Waals surface area contributed by atoms with Crippen LogP contribution in [0, 0.1) is 6.92 Å². The third-order valence-corrected chi connectivity index (χ3v) is 4.61. The number of amides is 1. The van der Waals surface area contributed by atoms with Crippen LogP contribution in [0.3, 0.4) is 0 Å². The highest BCUT2D eigenvalue weighted by molar-refractivity contribution is 7.15. The van der Waals surface area contributed by atoms with Gasteiger partial charge in [0, 0.05) is 10.4 Å². The molecule has 5 heteroatoms. The second kappa shape index (κ2) is 5.25. The predicted octanol–water partition coefficient (Wildman–Crippen LogP) is 3.29. The number of benzene rings is 1. The lowest BCUT2D eigenvalue weighted by Crippen LogP contribution is -2.11. The number of carbonyl (C=O) groups is 1. The molecule has 1 heterocycles. The number of carbonyl (C=O) groups excluding carboxylic acids is 1. The topological polar surface area (TPSA) is 62.2 Å². The Labute approximate surface area is 121 Å². The first-order valence-corrected chi connectivity index (χ1v) is 7.54. The maximum Gasteiger partial charge on any atom is 0.257 e. The number of phenolic OH excluding ortho intramolecular Hbond substituents is 1. The van der Waals surface area contributed by atoms with Gasteiger partial charge in [-0.1, -0.05) is 6.07 Å². The molecule has 0 aliphatic heterocycles. The van der Waals surface area contributed by atoms with Crippen molar-refractivity contribution in [2.45, 2.75) is 32.6 Å². The number of nitrogens with one attached hydrogen (secondary N) is 1. The Bertz CT molecular complexity index is 640. The zero-order chi connectivity index (χ0) is 14.1. The average molecular weight is 288 g/mol. The zero-order valence-electron chi connectivity index (χ0n) is 11.3. The molecule has 0 bridgehead atoms. The number of rotatable bonds is 2. The van der Waals surface area contributed by atoms with E-state index < -0.39 is 0 Å². The van der Waals surface area contributed by atoms with Crippen molar-refractivity contribution in [1.29, 1.82) is 0 Å². The molecule has 0 spiro atoms. The fourth-order valence-electron chi connectivity index (χ4n) is 2.33. The summed E-state index contributed by atoms with van der Waals surface area (Å²) < 4.78 is 0. The summed E-state index contributed by atoms with van der Waals surface area (Å²) in [4.78, 5) is 17.9. The molecule has 2 N–H and O–H groups in total. The van der Waals surface area contributed by atoms with Gasteiger partial charge in [-0.05, 0) is 50.3 Å². The van der Waals surface area contributed by atoms with E-state index in [-0.39, 0.29) is 11.7 Å². The van der Waals surface area contributed by atoms with Gasteiger partial charge in [-0.25, -0.2) is 4.98 Å². The van der Waals surface area contributed by atoms with E-state index in [0.717, 1.165) is 24.1 Å². The van der Waals surface area contributed by atoms with Gasteiger partial charge in [-0.2, -0.15) is 0 Å². The molecule has 104 valence electrons. The molecule has 0 saturated heterocycles. The fraction of sp³-hybridized carbons (Fsp3) is 0.333. The highest BCUT2D eigenvalue weighted by atomic mass is 32.1. The van der Waals surface area contributed by atoms with Crippen LogP contribution in [0.25, 0.3) is 0 Å². The summed E-state index contributed by atoms with van der Waals surface area (Å²) in [6.07, 6.45) is 4.45. The van der Waals surface area contributed by atoms with Gasteiger partial charge < -0.3 is 5.11 Å². The molecule has 0 atom stereocenters. The molecule has 1 aromatic heterocycles. The summed E-state index contributed by atoms with van der Waals surface area (Å²) in [5, 5.41) is 13.1. The Morgan fingerprint density at radius 1 is 1.35 bits per heavy atom. The first-order valence-electron chi connectivity index (χ1n) is 6.73. The number of phenols is 1. The Balaban J connectivity index is 1.78. The van der Waals surface area contributed by atoms with Crippen molar-refractivity contribution in [2.75, 3.05) is 5.32 Å². The van der Waals surface area contributed by atoms with Crippen LogP contribution in [0.4, 0.5) is 5.13 Å². The van der Waals surface area contributed by atoms with Crippen molar-refractivity contribution < 1.29 is 9.90 Å². The number of fused-ring (bicyclic) bond motifs is 1. The van der Waals surface area contributed by atoms with Gasteiger partial charge in [0.25, 0.3) is 5.91 Å². The standard InChI is InChI=1S/C15H16N2O2S/c1-9-6-7-10(8-12(9)18)14(19)17-15-16-11-4-2-3-5-13(11)20-15/h6-8,18H,2-5H2,1H3,(H,16,17,19). The molecule has 1 aromatic carbocycles. The van der Waals surface area contributed by atoms with Crippen molar-refractivity contribution in [3.8, 4) is 5.75 Å².